The smallest absolute Gasteiger partial charge is 0.278 e. The summed E-state index contributed by atoms with van der Waals surface area (Å²) in [7, 11) is -4.11. The van der Waals surface area contributed by atoms with Gasteiger partial charge in [-0.25, -0.2) is 8.42 Å². The van der Waals surface area contributed by atoms with Crippen molar-refractivity contribution in [2.75, 3.05) is 10.9 Å². The summed E-state index contributed by atoms with van der Waals surface area (Å²) < 4.78 is 33.5. The first-order valence-corrected chi connectivity index (χ1v) is 13.1. The molecule has 0 N–H and O–H groups in total. The molecule has 0 aliphatic heterocycles. The Bertz CT molecular complexity index is 1200. The molecule has 0 aliphatic rings. The van der Waals surface area contributed by atoms with E-state index in [-0.39, 0.29) is 4.90 Å². The number of hydrogen-bond acceptors (Lipinski definition) is 4. The van der Waals surface area contributed by atoms with E-state index in [0.29, 0.717) is 17.4 Å². The van der Waals surface area contributed by atoms with Gasteiger partial charge in [0.1, 0.15) is 5.75 Å². The van der Waals surface area contributed by atoms with E-state index >= 15 is 0 Å². The second kappa shape index (κ2) is 11.3. The topological polar surface area (TPSA) is 63.7 Å². The molecule has 0 saturated heterocycles. The van der Waals surface area contributed by atoms with Gasteiger partial charge in [0.2, 0.25) is 0 Å². The number of unbranched alkanes of at least 4 members (excludes halogenated alkanes) is 1. The van der Waals surface area contributed by atoms with E-state index in [1.807, 2.05) is 37.3 Å². The Morgan fingerprint density at radius 1 is 0.971 bits per heavy atom. The number of sulfonamides is 1. The van der Waals surface area contributed by atoms with Gasteiger partial charge in [-0.1, -0.05) is 63.6 Å². The molecule has 0 aromatic heterocycles. The molecule has 0 atom stereocenters. The lowest BCUT2D eigenvalue weighted by Crippen LogP contribution is -2.40. The zero-order valence-electron chi connectivity index (χ0n) is 20.3. The van der Waals surface area contributed by atoms with Crippen molar-refractivity contribution >= 4 is 21.6 Å². The zero-order valence-corrected chi connectivity index (χ0v) is 21.1. The number of benzene rings is 3. The number of amides is 1. The van der Waals surface area contributed by atoms with Crippen molar-refractivity contribution in [3.63, 3.8) is 0 Å². The quantitative estimate of drug-likeness (QED) is 0.344. The highest BCUT2D eigenvalue weighted by molar-refractivity contribution is 7.93. The minimum absolute atomic E-state index is 0.0514. The number of nitrogens with zero attached hydrogens (tertiary/aromatic N) is 1. The summed E-state index contributed by atoms with van der Waals surface area (Å²) in [5, 5.41) is 0. The summed E-state index contributed by atoms with van der Waals surface area (Å²) in [6, 6.07) is 20.8. The summed E-state index contributed by atoms with van der Waals surface area (Å²) >= 11 is 0. The van der Waals surface area contributed by atoms with Crippen LogP contribution in [0.2, 0.25) is 0 Å². The fourth-order valence-electron chi connectivity index (χ4n) is 3.88. The minimum Gasteiger partial charge on any atom is -0.484 e. The average Bonchev–Trinajstić information content (AvgIpc) is 2.82. The lowest BCUT2D eigenvalue weighted by atomic mass is 9.98. The first-order chi connectivity index (χ1) is 16.2. The summed E-state index contributed by atoms with van der Waals surface area (Å²) in [5.74, 6) is 0.250. The average molecular weight is 480 g/mol. The standard InChI is InChI=1S/C28H33NO4S/c1-5-6-10-23-13-15-24(16-14-23)29(34(31,32)26-11-8-7-9-12-26)28(30)20-33-25-17-18-27(21(2)3)22(4)19-25/h7-9,11-19,21H,5-6,10,20H2,1-4H3. The van der Waals surface area contributed by atoms with Crippen molar-refractivity contribution in [2.24, 2.45) is 0 Å². The van der Waals surface area contributed by atoms with Crippen molar-refractivity contribution in [2.45, 2.75) is 57.8 Å². The molecule has 0 aliphatic carbocycles. The number of aryl methyl sites for hydroxylation is 2. The Morgan fingerprint density at radius 3 is 2.24 bits per heavy atom. The first-order valence-electron chi connectivity index (χ1n) is 11.7. The van der Waals surface area contributed by atoms with E-state index in [9.17, 15) is 13.2 Å². The van der Waals surface area contributed by atoms with Gasteiger partial charge < -0.3 is 4.74 Å². The Hall–Kier alpha value is -3.12. The largest absolute Gasteiger partial charge is 0.484 e. The van der Waals surface area contributed by atoms with Crippen molar-refractivity contribution in [3.8, 4) is 5.75 Å². The van der Waals surface area contributed by atoms with Crippen LogP contribution in [-0.4, -0.2) is 20.9 Å². The van der Waals surface area contributed by atoms with E-state index in [1.165, 1.54) is 17.7 Å². The lowest BCUT2D eigenvalue weighted by Gasteiger charge is -2.23. The van der Waals surface area contributed by atoms with Crippen LogP contribution in [0.25, 0.3) is 0 Å². The van der Waals surface area contributed by atoms with Crippen LogP contribution < -0.4 is 9.04 Å². The normalized spacial score (nSPS) is 11.4. The van der Waals surface area contributed by atoms with Gasteiger partial charge in [-0.2, -0.15) is 4.31 Å². The van der Waals surface area contributed by atoms with Crippen LogP contribution in [0, 0.1) is 6.92 Å². The van der Waals surface area contributed by atoms with Crippen LogP contribution in [0.5, 0.6) is 5.75 Å². The van der Waals surface area contributed by atoms with Crippen molar-refractivity contribution in [1.82, 2.24) is 0 Å². The molecule has 0 fully saturated rings. The van der Waals surface area contributed by atoms with Gasteiger partial charge in [0.15, 0.2) is 6.61 Å². The third-order valence-corrected chi connectivity index (χ3v) is 7.49. The molecular weight excluding hydrogens is 446 g/mol. The molecule has 3 aromatic rings. The molecule has 6 heteroatoms. The number of anilines is 1. The first kappa shape index (κ1) is 25.5. The van der Waals surface area contributed by atoms with Gasteiger partial charge in [0, 0.05) is 0 Å². The summed E-state index contributed by atoms with van der Waals surface area (Å²) in [6.45, 7) is 7.96. The van der Waals surface area contributed by atoms with Crippen LogP contribution in [0.1, 0.15) is 56.2 Å². The minimum atomic E-state index is -4.11. The molecular formula is C28H33NO4S. The Morgan fingerprint density at radius 2 is 1.65 bits per heavy atom. The highest BCUT2D eigenvalue weighted by Crippen LogP contribution is 2.26. The lowest BCUT2D eigenvalue weighted by molar-refractivity contribution is -0.119. The Balaban J connectivity index is 1.89. The van der Waals surface area contributed by atoms with Crippen LogP contribution in [0.15, 0.2) is 77.7 Å². The molecule has 1 amide bonds. The molecule has 0 spiro atoms. The molecule has 0 radical (unpaired) electrons. The fourth-order valence-corrected chi connectivity index (χ4v) is 5.31. The maximum atomic E-state index is 13.5. The van der Waals surface area contributed by atoms with Crippen LogP contribution in [0.3, 0.4) is 0 Å². The molecule has 3 aromatic carbocycles. The molecule has 0 unspecified atom stereocenters. The molecule has 0 heterocycles. The molecule has 3 rings (SSSR count). The molecule has 0 bridgehead atoms. The number of ether oxygens (including phenoxy) is 1. The summed E-state index contributed by atoms with van der Waals surface area (Å²) in [6.07, 6.45) is 3.03. The molecule has 0 saturated carbocycles. The molecule has 180 valence electrons. The van der Waals surface area contributed by atoms with Gasteiger partial charge in [0.05, 0.1) is 10.6 Å². The summed E-state index contributed by atoms with van der Waals surface area (Å²) in [4.78, 5) is 13.3. The molecule has 5 nitrogen and oxygen atoms in total. The Kier molecular flexibility index (Phi) is 8.51. The maximum absolute atomic E-state index is 13.5. The number of carbonyl (C=O) groups is 1. The SMILES string of the molecule is CCCCc1ccc(N(C(=O)COc2ccc(C(C)C)c(C)c2)S(=O)(=O)c2ccccc2)cc1. The van der Waals surface area contributed by atoms with Gasteiger partial charge in [0.25, 0.3) is 15.9 Å². The van der Waals surface area contributed by atoms with E-state index in [1.54, 1.807) is 30.3 Å². The summed E-state index contributed by atoms with van der Waals surface area (Å²) in [5.41, 5.74) is 3.67. The maximum Gasteiger partial charge on any atom is 0.278 e. The van der Waals surface area contributed by atoms with E-state index in [4.69, 9.17) is 4.74 Å². The van der Waals surface area contributed by atoms with E-state index < -0.39 is 22.5 Å². The predicted octanol–water partition coefficient (Wildman–Crippen LogP) is 6.26. The highest BCUT2D eigenvalue weighted by atomic mass is 32.2. The fraction of sp³-hybridized carbons (Fsp3) is 0.321. The van der Waals surface area contributed by atoms with Crippen molar-refractivity contribution in [3.05, 3.63) is 89.5 Å². The van der Waals surface area contributed by atoms with Gasteiger partial charge >= 0.3 is 0 Å². The van der Waals surface area contributed by atoms with Gasteiger partial charge in [-0.05, 0) is 78.8 Å². The van der Waals surface area contributed by atoms with Gasteiger partial charge in [-0.15, -0.1) is 0 Å². The number of carbonyl (C=O) groups excluding carboxylic acids is 1. The van der Waals surface area contributed by atoms with Crippen molar-refractivity contribution < 1.29 is 17.9 Å². The van der Waals surface area contributed by atoms with E-state index in [0.717, 1.165) is 34.7 Å². The third-order valence-electron chi connectivity index (χ3n) is 5.72. The van der Waals surface area contributed by atoms with Crippen molar-refractivity contribution in [1.29, 1.82) is 0 Å². The monoisotopic (exact) mass is 479 g/mol. The van der Waals surface area contributed by atoms with Crippen LogP contribution in [0.4, 0.5) is 5.69 Å². The number of rotatable bonds is 10. The number of hydrogen-bond donors (Lipinski definition) is 0. The van der Waals surface area contributed by atoms with Crippen LogP contribution >= 0.6 is 0 Å². The Labute approximate surface area is 203 Å². The second-order valence-electron chi connectivity index (χ2n) is 8.71. The van der Waals surface area contributed by atoms with Gasteiger partial charge in [-0.3, -0.25) is 4.79 Å². The predicted molar refractivity (Wildman–Crippen MR) is 137 cm³/mol. The van der Waals surface area contributed by atoms with Crippen LogP contribution in [-0.2, 0) is 21.2 Å². The molecule has 34 heavy (non-hydrogen) atoms. The highest BCUT2D eigenvalue weighted by Gasteiger charge is 2.31. The van der Waals surface area contributed by atoms with E-state index in [2.05, 4.69) is 20.8 Å². The zero-order chi connectivity index (χ0) is 24.7. The second-order valence-corrected chi connectivity index (χ2v) is 10.5. The third kappa shape index (κ3) is 6.06.